The zero-order valence-electron chi connectivity index (χ0n) is 19.9. The highest BCUT2D eigenvalue weighted by Gasteiger charge is 2.53. The Hall–Kier alpha value is -3.82. The van der Waals surface area contributed by atoms with Crippen LogP contribution in [0.25, 0.3) is 22.3 Å². The van der Waals surface area contributed by atoms with Crippen LogP contribution in [0.3, 0.4) is 0 Å². The first-order valence-electron chi connectivity index (χ1n) is 12.7. The Morgan fingerprint density at radius 1 is 0.838 bits per heavy atom. The number of nitrogens with zero attached hydrogens (tertiary/aromatic N) is 5. The average molecular weight is 504 g/mol. The monoisotopic (exact) mass is 503 g/mol. The van der Waals surface area contributed by atoms with E-state index in [4.69, 9.17) is 9.97 Å². The fraction of sp³-hybridized carbons (Fsp3) is 0.370. The van der Waals surface area contributed by atoms with Crippen molar-refractivity contribution in [3.05, 3.63) is 59.9 Å². The highest BCUT2D eigenvalue weighted by Crippen LogP contribution is 2.53. The van der Waals surface area contributed by atoms with E-state index in [0.29, 0.717) is 41.2 Å². The number of aromatic nitrogens is 5. The Morgan fingerprint density at radius 3 is 2.43 bits per heavy atom. The molecule has 0 spiro atoms. The molecule has 0 aliphatic heterocycles. The summed E-state index contributed by atoms with van der Waals surface area (Å²) in [5.41, 5.74) is 2.60. The molecule has 2 unspecified atom stereocenters. The fourth-order valence-corrected chi connectivity index (χ4v) is 5.86. The lowest BCUT2D eigenvalue weighted by molar-refractivity contribution is 0.421. The molecule has 2 atom stereocenters. The van der Waals surface area contributed by atoms with Gasteiger partial charge >= 0.3 is 0 Å². The number of anilines is 3. The molecule has 3 saturated carbocycles. The second kappa shape index (κ2) is 8.64. The van der Waals surface area contributed by atoms with Gasteiger partial charge in [-0.25, -0.2) is 23.7 Å². The summed E-state index contributed by atoms with van der Waals surface area (Å²) >= 11 is 0. The van der Waals surface area contributed by atoms with Crippen molar-refractivity contribution in [3.8, 4) is 11.4 Å². The number of pyridine rings is 3. The number of halogens is 3. The maximum atomic E-state index is 14.1. The van der Waals surface area contributed by atoms with E-state index in [9.17, 15) is 13.2 Å². The van der Waals surface area contributed by atoms with E-state index < -0.39 is 23.4 Å². The van der Waals surface area contributed by atoms with Crippen molar-refractivity contribution in [1.29, 1.82) is 0 Å². The molecule has 3 fully saturated rings. The molecule has 188 valence electrons. The lowest BCUT2D eigenvalue weighted by atomic mass is 9.79. The minimum Gasteiger partial charge on any atom is -0.366 e. The van der Waals surface area contributed by atoms with Crippen molar-refractivity contribution < 1.29 is 13.2 Å². The fourth-order valence-electron chi connectivity index (χ4n) is 5.86. The van der Waals surface area contributed by atoms with Gasteiger partial charge in [0.2, 0.25) is 0 Å². The molecule has 2 N–H and O–H groups in total. The number of hydrogen-bond donors (Lipinski definition) is 2. The zero-order valence-corrected chi connectivity index (χ0v) is 19.9. The van der Waals surface area contributed by atoms with Gasteiger partial charge in [-0.15, -0.1) is 0 Å². The van der Waals surface area contributed by atoms with Crippen molar-refractivity contribution in [2.24, 2.45) is 11.8 Å². The smallest absolute Gasteiger partial charge is 0.251 e. The van der Waals surface area contributed by atoms with Crippen LogP contribution in [0.2, 0.25) is 0 Å². The molecular formula is C27H24F3N7. The molecule has 4 heterocycles. The molecule has 3 aliphatic carbocycles. The van der Waals surface area contributed by atoms with Gasteiger partial charge in [-0.05, 0) is 61.1 Å². The van der Waals surface area contributed by atoms with E-state index in [1.165, 1.54) is 37.4 Å². The lowest BCUT2D eigenvalue weighted by Gasteiger charge is -2.27. The molecule has 0 amide bonds. The number of fused-ring (bicyclic) bond motifs is 2. The topological polar surface area (TPSA) is 88.5 Å². The van der Waals surface area contributed by atoms with Crippen LogP contribution in [0.1, 0.15) is 50.0 Å². The Balaban J connectivity index is 1.28. The van der Waals surface area contributed by atoms with Gasteiger partial charge in [-0.2, -0.15) is 9.37 Å². The predicted molar refractivity (Wildman–Crippen MR) is 133 cm³/mol. The Morgan fingerprint density at radius 2 is 1.65 bits per heavy atom. The van der Waals surface area contributed by atoms with Crippen molar-refractivity contribution in [2.45, 2.75) is 50.5 Å². The first-order chi connectivity index (χ1) is 18.0. The van der Waals surface area contributed by atoms with Gasteiger partial charge in [-0.1, -0.05) is 12.8 Å². The van der Waals surface area contributed by atoms with E-state index in [1.807, 2.05) is 6.20 Å². The van der Waals surface area contributed by atoms with Crippen molar-refractivity contribution in [2.75, 3.05) is 10.6 Å². The molecule has 3 aliphatic rings. The molecular weight excluding hydrogens is 479 g/mol. The van der Waals surface area contributed by atoms with Crippen LogP contribution < -0.4 is 10.6 Å². The standard InChI is InChI=1S/C27H24F3N7/c28-18-10-19(29)26(36-24(18)30)34-21-9-14(7-8-32-21)25-33-20-12-31-11-17(13-3-1-4-13)22(20)27(37-25)35-23-15-5-2-6-16(15)23/h7-13,15-16,23H,1-6H2,(H,32,34,36)(H,33,35,37). The van der Waals surface area contributed by atoms with Gasteiger partial charge in [-0.3, -0.25) is 4.98 Å². The Bertz CT molecular complexity index is 1510. The van der Waals surface area contributed by atoms with Crippen molar-refractivity contribution >= 4 is 28.4 Å². The summed E-state index contributed by atoms with van der Waals surface area (Å²) in [6.45, 7) is 0. The molecule has 0 saturated heterocycles. The molecule has 0 aromatic carbocycles. The SMILES string of the molecule is Fc1cc(F)c(Nc2cc(-c3nc(NC4C5CCCC54)c4c(C5CCC5)cncc4n3)ccn2)nc1F. The summed E-state index contributed by atoms with van der Waals surface area (Å²) in [5, 5.41) is 7.40. The third-order valence-corrected chi connectivity index (χ3v) is 8.04. The maximum Gasteiger partial charge on any atom is 0.251 e. The van der Waals surface area contributed by atoms with E-state index in [-0.39, 0.29) is 5.82 Å². The second-order valence-electron chi connectivity index (χ2n) is 10.2. The highest BCUT2D eigenvalue weighted by molar-refractivity contribution is 5.93. The minimum atomic E-state index is -1.40. The molecule has 0 radical (unpaired) electrons. The summed E-state index contributed by atoms with van der Waals surface area (Å²) in [6, 6.07) is 4.25. The Labute approximate surface area is 211 Å². The van der Waals surface area contributed by atoms with E-state index in [2.05, 4.69) is 25.6 Å². The average Bonchev–Trinajstić information content (AvgIpc) is 3.26. The third kappa shape index (κ3) is 3.95. The quantitative estimate of drug-likeness (QED) is 0.307. The van der Waals surface area contributed by atoms with Crippen LogP contribution in [0.15, 0.2) is 36.8 Å². The van der Waals surface area contributed by atoms with Gasteiger partial charge in [0.05, 0.1) is 11.7 Å². The molecule has 10 heteroatoms. The molecule has 7 rings (SSSR count). The summed E-state index contributed by atoms with van der Waals surface area (Å²) in [5.74, 6) is -0.857. The second-order valence-corrected chi connectivity index (χ2v) is 10.2. The van der Waals surface area contributed by atoms with E-state index >= 15 is 0 Å². The Kier molecular flexibility index (Phi) is 5.23. The van der Waals surface area contributed by atoms with Gasteiger partial charge in [0.25, 0.3) is 5.95 Å². The minimum absolute atomic E-state index is 0.200. The lowest BCUT2D eigenvalue weighted by Crippen LogP contribution is -2.14. The molecule has 4 aromatic rings. The summed E-state index contributed by atoms with van der Waals surface area (Å²) in [4.78, 5) is 21.8. The zero-order chi connectivity index (χ0) is 25.1. The van der Waals surface area contributed by atoms with E-state index in [0.717, 1.165) is 29.6 Å². The molecule has 7 nitrogen and oxygen atoms in total. The molecule has 4 aromatic heterocycles. The maximum absolute atomic E-state index is 14.1. The van der Waals surface area contributed by atoms with Gasteiger partial charge in [0.1, 0.15) is 11.6 Å². The van der Waals surface area contributed by atoms with Gasteiger partial charge in [0.15, 0.2) is 23.3 Å². The number of rotatable bonds is 6. The normalized spacial score (nSPS) is 22.5. The first-order valence-corrected chi connectivity index (χ1v) is 12.7. The van der Waals surface area contributed by atoms with Crippen LogP contribution in [0.4, 0.5) is 30.6 Å². The predicted octanol–water partition coefficient (Wildman–Crippen LogP) is 6.12. The van der Waals surface area contributed by atoms with E-state index in [1.54, 1.807) is 18.3 Å². The van der Waals surface area contributed by atoms with Gasteiger partial charge < -0.3 is 10.6 Å². The van der Waals surface area contributed by atoms with Crippen LogP contribution in [0, 0.1) is 29.4 Å². The largest absolute Gasteiger partial charge is 0.366 e. The highest BCUT2D eigenvalue weighted by atomic mass is 19.2. The van der Waals surface area contributed by atoms with Crippen LogP contribution in [0.5, 0.6) is 0 Å². The van der Waals surface area contributed by atoms with Crippen molar-refractivity contribution in [1.82, 2.24) is 24.9 Å². The third-order valence-electron chi connectivity index (χ3n) is 8.04. The molecule has 37 heavy (non-hydrogen) atoms. The summed E-state index contributed by atoms with van der Waals surface area (Å²) in [7, 11) is 0. The van der Waals surface area contributed by atoms with Crippen LogP contribution in [-0.2, 0) is 0 Å². The molecule has 0 bridgehead atoms. The summed E-state index contributed by atoms with van der Waals surface area (Å²) < 4.78 is 41.0. The van der Waals surface area contributed by atoms with Crippen LogP contribution in [-0.4, -0.2) is 31.0 Å². The number of nitrogens with one attached hydrogen (secondary N) is 2. The number of hydrogen-bond acceptors (Lipinski definition) is 7. The van der Waals surface area contributed by atoms with Gasteiger partial charge in [0, 0.05) is 35.5 Å². The van der Waals surface area contributed by atoms with Crippen molar-refractivity contribution in [3.63, 3.8) is 0 Å². The first kappa shape index (κ1) is 22.4. The summed E-state index contributed by atoms with van der Waals surface area (Å²) in [6.07, 6.45) is 12.5. The van der Waals surface area contributed by atoms with Crippen LogP contribution >= 0.6 is 0 Å².